The number of thioether (sulfide) groups is 1. The summed E-state index contributed by atoms with van der Waals surface area (Å²) in [5.74, 6) is 1.75. The molecule has 2 aliphatic rings. The number of amides is 2. The van der Waals surface area contributed by atoms with Crippen LogP contribution in [0.15, 0.2) is 106 Å². The van der Waals surface area contributed by atoms with Crippen LogP contribution in [0, 0.1) is 0 Å². The van der Waals surface area contributed by atoms with Crippen LogP contribution in [-0.2, 0) is 17.9 Å². The minimum Gasteiger partial charge on any atom is -0.493 e. The summed E-state index contributed by atoms with van der Waals surface area (Å²) in [6.07, 6.45) is 6.75. The first-order valence-corrected chi connectivity index (χ1v) is 15.5. The van der Waals surface area contributed by atoms with Crippen molar-refractivity contribution >= 4 is 40.5 Å². The third-order valence-electron chi connectivity index (χ3n) is 7.49. The van der Waals surface area contributed by atoms with Gasteiger partial charge >= 0.3 is 0 Å². The van der Waals surface area contributed by atoms with Crippen molar-refractivity contribution < 1.29 is 23.5 Å². The normalized spacial score (nSPS) is 17.0. The molecule has 8 nitrogen and oxygen atoms in total. The summed E-state index contributed by atoms with van der Waals surface area (Å²) in [6, 6.07) is 26.4. The number of methoxy groups -OCH3 is 1. The smallest absolute Gasteiger partial charge is 0.267 e. The molecule has 0 atom stereocenters. The Morgan fingerprint density at radius 1 is 0.955 bits per heavy atom. The van der Waals surface area contributed by atoms with Gasteiger partial charge in [0.1, 0.15) is 12.4 Å². The van der Waals surface area contributed by atoms with Crippen molar-refractivity contribution in [2.24, 2.45) is 4.99 Å². The monoisotopic (exact) mass is 607 g/mol. The number of nitrogens with zero attached hydrogens (tertiary/aromatic N) is 3. The first kappa shape index (κ1) is 29.3. The molecule has 2 saturated heterocycles. The van der Waals surface area contributed by atoms with Gasteiger partial charge in [-0.1, -0.05) is 36.4 Å². The molecule has 2 amide bonds. The topological polar surface area (TPSA) is 84.6 Å². The molecule has 9 heteroatoms. The number of likely N-dealkylation sites (tertiary alicyclic amines) is 1. The summed E-state index contributed by atoms with van der Waals surface area (Å²) in [5, 5.41) is 0.583. The zero-order valence-corrected chi connectivity index (χ0v) is 25.3. The van der Waals surface area contributed by atoms with Crippen molar-refractivity contribution in [3.8, 4) is 11.5 Å². The number of furan rings is 1. The van der Waals surface area contributed by atoms with E-state index < -0.39 is 0 Å². The second-order valence-corrected chi connectivity index (χ2v) is 11.6. The molecule has 0 spiro atoms. The quantitative estimate of drug-likeness (QED) is 0.186. The number of benzene rings is 3. The largest absolute Gasteiger partial charge is 0.493 e. The van der Waals surface area contributed by atoms with Gasteiger partial charge in [0.25, 0.3) is 11.8 Å². The van der Waals surface area contributed by atoms with Crippen LogP contribution in [0.1, 0.15) is 46.5 Å². The maximum absolute atomic E-state index is 13.5. The van der Waals surface area contributed by atoms with Gasteiger partial charge in [-0.15, -0.1) is 0 Å². The van der Waals surface area contributed by atoms with E-state index in [0.717, 1.165) is 42.7 Å². The molecule has 0 unspecified atom stereocenters. The lowest BCUT2D eigenvalue weighted by Gasteiger charge is -2.26. The molecule has 44 heavy (non-hydrogen) atoms. The SMILES string of the molecule is COc1cc(/C=C2\SC(=Nc3ccccc3)N(Cc3ccco3)C2=O)ccc1OCc1ccc(C(=O)N2CCCCC2)cc1. The first-order valence-electron chi connectivity index (χ1n) is 14.6. The van der Waals surface area contributed by atoms with E-state index in [0.29, 0.717) is 39.5 Å². The highest BCUT2D eigenvalue weighted by atomic mass is 32.2. The molecular formula is C35H33N3O5S. The maximum atomic E-state index is 13.5. The van der Waals surface area contributed by atoms with Gasteiger partial charge in [-0.05, 0) is 96.8 Å². The van der Waals surface area contributed by atoms with E-state index in [9.17, 15) is 9.59 Å². The Morgan fingerprint density at radius 2 is 1.75 bits per heavy atom. The Hall–Kier alpha value is -4.76. The van der Waals surface area contributed by atoms with Gasteiger partial charge in [0, 0.05) is 18.7 Å². The van der Waals surface area contributed by atoms with Crippen LogP contribution in [0.2, 0.25) is 0 Å². The van der Waals surface area contributed by atoms with E-state index in [-0.39, 0.29) is 18.4 Å². The lowest BCUT2D eigenvalue weighted by Crippen LogP contribution is -2.35. The van der Waals surface area contributed by atoms with E-state index in [1.54, 1.807) is 24.3 Å². The fourth-order valence-electron chi connectivity index (χ4n) is 5.13. The average Bonchev–Trinajstić information content (AvgIpc) is 3.69. The van der Waals surface area contributed by atoms with Gasteiger partial charge in [0.15, 0.2) is 16.7 Å². The molecular weight excluding hydrogens is 574 g/mol. The van der Waals surface area contributed by atoms with Crippen LogP contribution in [0.25, 0.3) is 6.08 Å². The lowest BCUT2D eigenvalue weighted by atomic mass is 10.1. The highest BCUT2D eigenvalue weighted by Gasteiger charge is 2.34. The number of carbonyl (C=O) groups is 2. The van der Waals surface area contributed by atoms with Crippen molar-refractivity contribution in [3.63, 3.8) is 0 Å². The molecule has 2 aliphatic heterocycles. The number of para-hydroxylation sites is 1. The van der Waals surface area contributed by atoms with E-state index in [2.05, 4.69) is 0 Å². The predicted octanol–water partition coefficient (Wildman–Crippen LogP) is 7.30. The van der Waals surface area contributed by atoms with Crippen LogP contribution in [0.5, 0.6) is 11.5 Å². The Morgan fingerprint density at radius 3 is 2.48 bits per heavy atom. The van der Waals surface area contributed by atoms with Crippen molar-refractivity contribution in [2.75, 3.05) is 20.2 Å². The van der Waals surface area contributed by atoms with Crippen LogP contribution >= 0.6 is 11.8 Å². The van der Waals surface area contributed by atoms with Crippen molar-refractivity contribution in [2.45, 2.75) is 32.4 Å². The Bertz CT molecular complexity index is 1660. The first-order chi connectivity index (χ1) is 21.6. The lowest BCUT2D eigenvalue weighted by molar-refractivity contribution is -0.122. The number of hydrogen-bond donors (Lipinski definition) is 0. The zero-order valence-electron chi connectivity index (χ0n) is 24.5. The van der Waals surface area contributed by atoms with Crippen molar-refractivity contribution in [3.05, 3.63) is 119 Å². The van der Waals surface area contributed by atoms with E-state index in [1.807, 2.05) is 89.8 Å². The summed E-state index contributed by atoms with van der Waals surface area (Å²) in [6.45, 7) is 2.26. The summed E-state index contributed by atoms with van der Waals surface area (Å²) in [7, 11) is 1.59. The summed E-state index contributed by atoms with van der Waals surface area (Å²) in [4.78, 5) is 35.1. The van der Waals surface area contributed by atoms with Gasteiger partial charge in [-0.2, -0.15) is 0 Å². The van der Waals surface area contributed by atoms with Crippen LogP contribution < -0.4 is 9.47 Å². The van der Waals surface area contributed by atoms with Crippen molar-refractivity contribution in [1.29, 1.82) is 0 Å². The Balaban J connectivity index is 1.15. The van der Waals surface area contributed by atoms with Gasteiger partial charge < -0.3 is 18.8 Å². The predicted molar refractivity (Wildman–Crippen MR) is 172 cm³/mol. The molecule has 2 fully saturated rings. The van der Waals surface area contributed by atoms with Crippen LogP contribution in [0.3, 0.4) is 0 Å². The molecule has 0 radical (unpaired) electrons. The van der Waals surface area contributed by atoms with Crippen LogP contribution in [0.4, 0.5) is 5.69 Å². The molecule has 1 aromatic heterocycles. The third kappa shape index (κ3) is 6.89. The molecule has 3 aromatic carbocycles. The molecule has 4 aromatic rings. The molecule has 0 saturated carbocycles. The third-order valence-corrected chi connectivity index (χ3v) is 8.49. The molecule has 0 aliphatic carbocycles. The number of rotatable bonds is 9. The Kier molecular flexibility index (Phi) is 9.12. The molecule has 0 bridgehead atoms. The van der Waals surface area contributed by atoms with Gasteiger partial charge in [0.05, 0.1) is 30.5 Å². The maximum Gasteiger partial charge on any atom is 0.267 e. The summed E-state index contributed by atoms with van der Waals surface area (Å²) >= 11 is 1.32. The highest BCUT2D eigenvalue weighted by molar-refractivity contribution is 8.18. The minimum absolute atomic E-state index is 0.0880. The average molecular weight is 608 g/mol. The molecule has 3 heterocycles. The van der Waals surface area contributed by atoms with Gasteiger partial charge in [0.2, 0.25) is 0 Å². The number of hydrogen-bond acceptors (Lipinski definition) is 7. The number of carbonyl (C=O) groups excluding carboxylic acids is 2. The molecule has 0 N–H and O–H groups in total. The number of aliphatic imine (C=N–C) groups is 1. The number of amidine groups is 1. The van der Waals surface area contributed by atoms with E-state index in [4.69, 9.17) is 18.9 Å². The molecule has 224 valence electrons. The fraction of sp³-hybridized carbons (Fsp3) is 0.229. The van der Waals surface area contributed by atoms with E-state index in [1.165, 1.54) is 18.2 Å². The zero-order chi connectivity index (χ0) is 30.3. The number of piperidine rings is 1. The van der Waals surface area contributed by atoms with Crippen molar-refractivity contribution in [1.82, 2.24) is 9.80 Å². The fourth-order valence-corrected chi connectivity index (χ4v) is 6.13. The van der Waals surface area contributed by atoms with Gasteiger partial charge in [-0.25, -0.2) is 4.99 Å². The van der Waals surface area contributed by atoms with Crippen LogP contribution in [-0.4, -0.2) is 47.0 Å². The number of ether oxygens (including phenoxy) is 2. The Labute approximate surface area is 261 Å². The standard InChI is InChI=1S/C35H33N3O5S/c1-41-31-21-26(14-17-30(31)43-24-25-12-15-27(16-13-25)33(39)37-18-6-3-7-19-37)22-32-34(40)38(23-29-11-8-20-42-29)35(44-32)36-28-9-4-2-5-10-28/h2,4-5,8-17,20-22H,3,6-7,18-19,23-24H2,1H3/b32-22-,36-35?. The summed E-state index contributed by atoms with van der Waals surface area (Å²) < 4.78 is 17.2. The second kappa shape index (κ2) is 13.7. The minimum atomic E-state index is -0.150. The highest BCUT2D eigenvalue weighted by Crippen LogP contribution is 2.37. The summed E-state index contributed by atoms with van der Waals surface area (Å²) in [5.41, 5.74) is 3.21. The molecule has 6 rings (SSSR count). The van der Waals surface area contributed by atoms with E-state index >= 15 is 0 Å². The second-order valence-electron chi connectivity index (χ2n) is 10.6. The van der Waals surface area contributed by atoms with Gasteiger partial charge in [-0.3, -0.25) is 14.5 Å².